The second-order valence-corrected chi connectivity index (χ2v) is 10.4. The van der Waals surface area contributed by atoms with Crippen LogP contribution in [0.5, 0.6) is 17.2 Å². The Bertz CT molecular complexity index is 1020. The Morgan fingerprint density at radius 2 is 1.31 bits per heavy atom. The monoisotopic (exact) mass is 539 g/mol. The summed E-state index contributed by atoms with van der Waals surface area (Å²) in [5.74, 6) is -2.44. The van der Waals surface area contributed by atoms with Gasteiger partial charge in [-0.15, -0.1) is 0 Å². The van der Waals surface area contributed by atoms with Crippen LogP contribution in [0, 0.1) is 0 Å². The second kappa shape index (κ2) is 15.3. The molecule has 16 heteroatoms. The molecule has 0 fully saturated rings. The number of azide groups is 1. The molecule has 0 aliphatic carbocycles. The van der Waals surface area contributed by atoms with E-state index in [4.69, 9.17) is 28.8 Å². The quantitative estimate of drug-likeness (QED) is 0.0761. The van der Waals surface area contributed by atoms with E-state index in [0.717, 1.165) is 12.8 Å². The third kappa shape index (κ3) is 14.3. The highest BCUT2D eigenvalue weighted by atomic mass is 32.2. The van der Waals surface area contributed by atoms with Gasteiger partial charge in [0.15, 0.2) is 11.5 Å². The summed E-state index contributed by atoms with van der Waals surface area (Å²) >= 11 is 0. The van der Waals surface area contributed by atoms with Crippen molar-refractivity contribution in [3.8, 4) is 17.2 Å². The number of nitrogens with zero attached hydrogens (tertiary/aromatic N) is 3. The summed E-state index contributed by atoms with van der Waals surface area (Å²) in [6.07, 6.45) is 2.70. The lowest BCUT2D eigenvalue weighted by Gasteiger charge is -2.18. The van der Waals surface area contributed by atoms with Crippen LogP contribution in [0.3, 0.4) is 0 Å². The SMILES string of the molecule is [N-]=[N+]=NCCCCCCOc1c(OCCCS(=O)(=O)O)cc(C(=O)O)cc1OCCCS(=O)(=O)O. The minimum absolute atomic E-state index is 0.0339. The first-order chi connectivity index (χ1) is 16.4. The van der Waals surface area contributed by atoms with Gasteiger partial charge in [0.1, 0.15) is 0 Å². The fourth-order valence-corrected chi connectivity index (χ4v) is 3.73. The van der Waals surface area contributed by atoms with Crippen molar-refractivity contribution in [3.63, 3.8) is 0 Å². The molecule has 0 aliphatic rings. The zero-order chi connectivity index (χ0) is 26.3. The molecule has 0 aliphatic heterocycles. The molecular formula is C19H29N3O11S2. The van der Waals surface area contributed by atoms with E-state index in [1.54, 1.807) is 0 Å². The van der Waals surface area contributed by atoms with Gasteiger partial charge in [0.25, 0.3) is 20.2 Å². The van der Waals surface area contributed by atoms with Gasteiger partial charge in [0.05, 0.1) is 36.9 Å². The number of rotatable bonds is 19. The van der Waals surface area contributed by atoms with Crippen LogP contribution >= 0.6 is 0 Å². The third-order valence-electron chi connectivity index (χ3n) is 4.34. The van der Waals surface area contributed by atoms with Gasteiger partial charge in [-0.25, -0.2) is 4.79 Å². The van der Waals surface area contributed by atoms with E-state index in [-0.39, 0.29) is 55.5 Å². The number of hydrogen-bond acceptors (Lipinski definition) is 9. The highest BCUT2D eigenvalue weighted by Crippen LogP contribution is 2.39. The first-order valence-electron chi connectivity index (χ1n) is 10.6. The van der Waals surface area contributed by atoms with Gasteiger partial charge in [-0.3, -0.25) is 9.11 Å². The summed E-state index contributed by atoms with van der Waals surface area (Å²) in [7, 11) is -8.40. The number of hydrogen-bond donors (Lipinski definition) is 3. The molecule has 0 aromatic heterocycles. The van der Waals surface area contributed by atoms with Crippen LogP contribution < -0.4 is 14.2 Å². The normalized spacial score (nSPS) is 11.5. The van der Waals surface area contributed by atoms with Gasteiger partial charge < -0.3 is 19.3 Å². The predicted octanol–water partition coefficient (Wildman–Crippen LogP) is 2.95. The maximum atomic E-state index is 11.5. The van der Waals surface area contributed by atoms with E-state index in [0.29, 0.717) is 19.4 Å². The van der Waals surface area contributed by atoms with E-state index < -0.39 is 37.7 Å². The van der Waals surface area contributed by atoms with Crippen molar-refractivity contribution in [3.05, 3.63) is 28.1 Å². The zero-order valence-corrected chi connectivity index (χ0v) is 20.5. The molecule has 0 saturated heterocycles. The number of unbranched alkanes of at least 4 members (excludes halogenated alkanes) is 3. The lowest BCUT2D eigenvalue weighted by Crippen LogP contribution is -2.12. The number of carboxylic acids is 1. The molecule has 0 amide bonds. The molecule has 14 nitrogen and oxygen atoms in total. The number of benzene rings is 1. The van der Waals surface area contributed by atoms with Gasteiger partial charge in [-0.05, 0) is 43.3 Å². The van der Waals surface area contributed by atoms with Crippen LogP contribution in [0.25, 0.3) is 10.4 Å². The molecule has 198 valence electrons. The highest BCUT2D eigenvalue weighted by molar-refractivity contribution is 7.86. The minimum Gasteiger partial charge on any atom is -0.489 e. The van der Waals surface area contributed by atoms with Crippen molar-refractivity contribution < 1.29 is 50.1 Å². The molecule has 35 heavy (non-hydrogen) atoms. The number of ether oxygens (including phenoxy) is 3. The molecule has 1 rings (SSSR count). The van der Waals surface area contributed by atoms with E-state index in [9.17, 15) is 26.7 Å². The van der Waals surface area contributed by atoms with Crippen LogP contribution in [0.15, 0.2) is 17.2 Å². The highest BCUT2D eigenvalue weighted by Gasteiger charge is 2.19. The van der Waals surface area contributed by atoms with Gasteiger partial charge in [0.2, 0.25) is 5.75 Å². The average Bonchev–Trinajstić information content (AvgIpc) is 2.75. The molecule has 0 atom stereocenters. The fourth-order valence-electron chi connectivity index (χ4n) is 2.76. The maximum absolute atomic E-state index is 11.5. The first kappa shape index (κ1) is 30.3. The molecule has 1 aromatic carbocycles. The molecular weight excluding hydrogens is 510 g/mol. The predicted molar refractivity (Wildman–Crippen MR) is 124 cm³/mol. The standard InChI is InChI=1S/C19H29N3O11S2/c20-22-21-7-3-1-2-4-8-33-18-16(31-9-5-11-34(25,26)27)13-15(19(23)24)14-17(18)32-10-6-12-35(28,29)30/h13-14H,1-12H2,(H,23,24)(H,25,26,27)(H,28,29,30). The zero-order valence-electron chi connectivity index (χ0n) is 18.9. The Morgan fingerprint density at radius 3 is 1.77 bits per heavy atom. The summed E-state index contributed by atoms with van der Waals surface area (Å²) in [6, 6.07) is 2.35. The summed E-state index contributed by atoms with van der Waals surface area (Å²) in [5.41, 5.74) is 8.05. The Hall–Kier alpha value is -2.78. The third-order valence-corrected chi connectivity index (χ3v) is 5.95. The molecule has 0 saturated carbocycles. The number of carboxylic acid groups (broad SMARTS) is 1. The molecule has 1 aromatic rings. The summed E-state index contributed by atoms with van der Waals surface area (Å²) in [6.45, 7) is 0.218. The van der Waals surface area contributed by atoms with E-state index in [1.165, 1.54) is 12.1 Å². The Labute approximate surface area is 203 Å². The second-order valence-electron chi connectivity index (χ2n) is 7.30. The van der Waals surface area contributed by atoms with Crippen molar-refractivity contribution in [1.82, 2.24) is 0 Å². The van der Waals surface area contributed by atoms with Crippen molar-refractivity contribution >= 4 is 26.2 Å². The largest absolute Gasteiger partial charge is 0.489 e. The number of aromatic carboxylic acids is 1. The lowest BCUT2D eigenvalue weighted by atomic mass is 10.1. The van der Waals surface area contributed by atoms with Crippen molar-refractivity contribution in [2.45, 2.75) is 38.5 Å². The summed E-state index contributed by atoms with van der Waals surface area (Å²) < 4.78 is 78.1. The Morgan fingerprint density at radius 1 is 0.829 bits per heavy atom. The molecule has 0 bridgehead atoms. The van der Waals surface area contributed by atoms with Crippen molar-refractivity contribution in [1.29, 1.82) is 0 Å². The van der Waals surface area contributed by atoms with Crippen molar-refractivity contribution in [2.75, 3.05) is 37.9 Å². The molecule has 0 unspecified atom stereocenters. The summed E-state index contributed by atoms with van der Waals surface area (Å²) in [4.78, 5) is 14.2. The first-order valence-corrected chi connectivity index (χ1v) is 13.9. The van der Waals surface area contributed by atoms with E-state index in [2.05, 4.69) is 10.0 Å². The molecule has 3 N–H and O–H groups in total. The van der Waals surface area contributed by atoms with Crippen LogP contribution in [-0.4, -0.2) is 74.9 Å². The fraction of sp³-hybridized carbons (Fsp3) is 0.632. The van der Waals surface area contributed by atoms with E-state index >= 15 is 0 Å². The van der Waals surface area contributed by atoms with Gasteiger partial charge in [-0.1, -0.05) is 18.0 Å². The number of carbonyl (C=O) groups is 1. The topological polar surface area (TPSA) is 222 Å². The Kier molecular flexibility index (Phi) is 13.2. The Balaban J connectivity index is 2.97. The van der Waals surface area contributed by atoms with Gasteiger partial charge >= 0.3 is 5.97 Å². The minimum atomic E-state index is -4.20. The van der Waals surface area contributed by atoms with Crippen LogP contribution in [-0.2, 0) is 20.2 Å². The molecule has 0 heterocycles. The van der Waals surface area contributed by atoms with Gasteiger partial charge in [-0.2, -0.15) is 16.8 Å². The maximum Gasteiger partial charge on any atom is 0.335 e. The van der Waals surface area contributed by atoms with Crippen LogP contribution in [0.1, 0.15) is 48.9 Å². The average molecular weight is 540 g/mol. The smallest absolute Gasteiger partial charge is 0.335 e. The van der Waals surface area contributed by atoms with Crippen molar-refractivity contribution in [2.24, 2.45) is 5.11 Å². The van der Waals surface area contributed by atoms with Gasteiger partial charge in [0, 0.05) is 11.5 Å². The van der Waals surface area contributed by atoms with E-state index in [1.807, 2.05) is 0 Å². The lowest BCUT2D eigenvalue weighted by molar-refractivity contribution is 0.0695. The van der Waals surface area contributed by atoms with Crippen LogP contribution in [0.2, 0.25) is 0 Å². The van der Waals surface area contributed by atoms with Crippen LogP contribution in [0.4, 0.5) is 0 Å². The summed E-state index contributed by atoms with van der Waals surface area (Å²) in [5, 5.41) is 12.9. The molecule has 0 radical (unpaired) electrons. The molecule has 0 spiro atoms.